The lowest BCUT2D eigenvalue weighted by Gasteiger charge is -2.31. The Labute approximate surface area is 169 Å². The summed E-state index contributed by atoms with van der Waals surface area (Å²) >= 11 is 0. The van der Waals surface area contributed by atoms with Crippen molar-refractivity contribution in [2.45, 2.75) is 38.8 Å². The maximum atomic E-state index is 13.3. The van der Waals surface area contributed by atoms with Gasteiger partial charge in [-0.05, 0) is 30.5 Å². The van der Waals surface area contributed by atoms with Crippen molar-refractivity contribution in [2.75, 3.05) is 6.61 Å². The van der Waals surface area contributed by atoms with Crippen LogP contribution in [0, 0.1) is 5.92 Å². The fourth-order valence-electron chi connectivity index (χ4n) is 4.03. The molecule has 0 saturated heterocycles. The Morgan fingerprint density at radius 1 is 1.07 bits per heavy atom. The second-order valence-electron chi connectivity index (χ2n) is 7.91. The smallest absolute Gasteiger partial charge is 0.262 e. The van der Waals surface area contributed by atoms with Crippen molar-refractivity contribution >= 4 is 17.7 Å². The number of carbonyl (C=O) groups excluding carboxylic acids is 3. The molecule has 150 valence electrons. The van der Waals surface area contributed by atoms with E-state index in [0.717, 1.165) is 16.2 Å². The summed E-state index contributed by atoms with van der Waals surface area (Å²) in [5.41, 5.74) is 1.63. The van der Waals surface area contributed by atoms with Gasteiger partial charge in [0.15, 0.2) is 0 Å². The number of hydrogen-bond donors (Lipinski definition) is 1. The second-order valence-corrected chi connectivity index (χ2v) is 7.91. The van der Waals surface area contributed by atoms with E-state index < -0.39 is 17.9 Å². The van der Waals surface area contributed by atoms with Crippen molar-refractivity contribution < 1.29 is 19.1 Å². The minimum absolute atomic E-state index is 0.136. The van der Waals surface area contributed by atoms with Gasteiger partial charge in [-0.3, -0.25) is 19.3 Å². The van der Waals surface area contributed by atoms with Crippen molar-refractivity contribution in [2.24, 2.45) is 5.92 Å². The van der Waals surface area contributed by atoms with Crippen LogP contribution in [0.1, 0.15) is 59.0 Å². The predicted octanol–water partition coefficient (Wildman–Crippen LogP) is 3.34. The first-order valence-electron chi connectivity index (χ1n) is 9.96. The summed E-state index contributed by atoms with van der Waals surface area (Å²) in [6.45, 7) is 4.45. The van der Waals surface area contributed by atoms with E-state index in [1.54, 1.807) is 24.3 Å². The summed E-state index contributed by atoms with van der Waals surface area (Å²) in [7, 11) is 0. The van der Waals surface area contributed by atoms with Gasteiger partial charge in [0.05, 0.1) is 23.8 Å². The van der Waals surface area contributed by atoms with Crippen LogP contribution in [-0.4, -0.2) is 35.3 Å². The molecule has 0 aliphatic carbocycles. The Kier molecular flexibility index (Phi) is 5.09. The molecule has 4 rings (SSSR count). The molecule has 2 aliphatic rings. The van der Waals surface area contributed by atoms with Crippen molar-refractivity contribution in [3.05, 3.63) is 65.2 Å². The monoisotopic (exact) mass is 392 g/mol. The van der Waals surface area contributed by atoms with Gasteiger partial charge in [0, 0.05) is 12.0 Å². The highest BCUT2D eigenvalue weighted by molar-refractivity contribution is 6.22. The standard InChI is InChI=1S/C23H24N2O4/c1-14(2)13-19(25-22(27)15-7-3-4-8-16(15)23(25)28)21(26)24-18-11-12-29-20-10-6-5-9-17(18)20/h3-10,14,18-19H,11-13H2,1-2H3,(H,24,26)/t18-,19+/m0/s1. The Bertz CT molecular complexity index is 934. The minimum Gasteiger partial charge on any atom is -0.493 e. The zero-order valence-electron chi connectivity index (χ0n) is 16.6. The third-order valence-corrected chi connectivity index (χ3v) is 5.41. The molecule has 2 aromatic carbocycles. The number of benzene rings is 2. The molecular weight excluding hydrogens is 368 g/mol. The van der Waals surface area contributed by atoms with Gasteiger partial charge >= 0.3 is 0 Å². The van der Waals surface area contributed by atoms with Crippen LogP contribution in [0.4, 0.5) is 0 Å². The number of amides is 3. The molecule has 29 heavy (non-hydrogen) atoms. The van der Waals surface area contributed by atoms with Crippen LogP contribution in [0.5, 0.6) is 5.75 Å². The summed E-state index contributed by atoms with van der Waals surface area (Å²) in [6, 6.07) is 13.3. The van der Waals surface area contributed by atoms with Gasteiger partial charge in [-0.2, -0.15) is 0 Å². The van der Waals surface area contributed by atoms with Crippen LogP contribution >= 0.6 is 0 Å². The largest absolute Gasteiger partial charge is 0.493 e. The lowest BCUT2D eigenvalue weighted by atomic mass is 9.98. The van der Waals surface area contributed by atoms with E-state index in [-0.39, 0.29) is 17.9 Å². The number of imide groups is 1. The summed E-state index contributed by atoms with van der Waals surface area (Å²) in [4.78, 5) is 40.3. The molecule has 1 N–H and O–H groups in total. The molecule has 0 aromatic heterocycles. The molecule has 2 aromatic rings. The average Bonchev–Trinajstić information content (AvgIpc) is 2.97. The van der Waals surface area contributed by atoms with Crippen LogP contribution in [0.3, 0.4) is 0 Å². The van der Waals surface area contributed by atoms with Crippen molar-refractivity contribution in [1.82, 2.24) is 10.2 Å². The summed E-state index contributed by atoms with van der Waals surface area (Å²) < 4.78 is 5.67. The van der Waals surface area contributed by atoms with Gasteiger partial charge in [0.25, 0.3) is 11.8 Å². The molecule has 0 bridgehead atoms. The normalized spacial score (nSPS) is 18.9. The quantitative estimate of drug-likeness (QED) is 0.792. The molecule has 3 amide bonds. The molecule has 0 saturated carbocycles. The van der Waals surface area contributed by atoms with Crippen LogP contribution in [-0.2, 0) is 4.79 Å². The van der Waals surface area contributed by atoms with Gasteiger partial charge in [0.1, 0.15) is 11.8 Å². The Balaban J connectivity index is 1.61. The number of nitrogens with one attached hydrogen (secondary N) is 1. The summed E-state index contributed by atoms with van der Waals surface area (Å²) in [6.07, 6.45) is 1.04. The fraction of sp³-hybridized carbons (Fsp3) is 0.348. The van der Waals surface area contributed by atoms with E-state index in [0.29, 0.717) is 30.6 Å². The SMILES string of the molecule is CC(C)C[C@H](C(=O)N[C@H]1CCOc2ccccc21)N1C(=O)c2ccccc2C1=O. The number of nitrogens with zero attached hydrogens (tertiary/aromatic N) is 1. The molecule has 6 heteroatoms. The summed E-state index contributed by atoms with van der Waals surface area (Å²) in [5, 5.41) is 3.06. The topological polar surface area (TPSA) is 75.7 Å². The molecule has 0 fully saturated rings. The number of rotatable bonds is 5. The molecule has 2 aliphatic heterocycles. The molecule has 0 spiro atoms. The van der Waals surface area contributed by atoms with Crippen LogP contribution < -0.4 is 10.1 Å². The number of fused-ring (bicyclic) bond motifs is 2. The Morgan fingerprint density at radius 3 is 2.34 bits per heavy atom. The molecule has 6 nitrogen and oxygen atoms in total. The number of carbonyl (C=O) groups is 3. The fourth-order valence-corrected chi connectivity index (χ4v) is 4.03. The van der Waals surface area contributed by atoms with Crippen molar-refractivity contribution in [1.29, 1.82) is 0 Å². The van der Waals surface area contributed by atoms with E-state index in [1.165, 1.54) is 0 Å². The van der Waals surface area contributed by atoms with Gasteiger partial charge < -0.3 is 10.1 Å². The van der Waals surface area contributed by atoms with E-state index in [4.69, 9.17) is 4.74 Å². The maximum Gasteiger partial charge on any atom is 0.262 e. The maximum absolute atomic E-state index is 13.3. The second kappa shape index (κ2) is 7.70. The Hall–Kier alpha value is -3.15. The zero-order valence-corrected chi connectivity index (χ0v) is 16.6. The van der Waals surface area contributed by atoms with Gasteiger partial charge in [-0.15, -0.1) is 0 Å². The number of hydrogen-bond acceptors (Lipinski definition) is 4. The summed E-state index contributed by atoms with van der Waals surface area (Å²) in [5.74, 6) is -0.227. The van der Waals surface area contributed by atoms with Gasteiger partial charge in [-0.25, -0.2) is 0 Å². The first kappa shape index (κ1) is 19.2. The highest BCUT2D eigenvalue weighted by Crippen LogP contribution is 2.32. The van der Waals surface area contributed by atoms with E-state index in [2.05, 4.69) is 5.32 Å². The molecule has 0 unspecified atom stereocenters. The van der Waals surface area contributed by atoms with Crippen LogP contribution in [0.25, 0.3) is 0 Å². The van der Waals surface area contributed by atoms with Crippen LogP contribution in [0.15, 0.2) is 48.5 Å². The molecule has 2 heterocycles. The predicted molar refractivity (Wildman–Crippen MR) is 108 cm³/mol. The molecule has 2 atom stereocenters. The van der Waals surface area contributed by atoms with Gasteiger partial charge in [0.2, 0.25) is 5.91 Å². The Morgan fingerprint density at radius 2 is 1.69 bits per heavy atom. The lowest BCUT2D eigenvalue weighted by molar-refractivity contribution is -0.126. The zero-order chi connectivity index (χ0) is 20.5. The lowest BCUT2D eigenvalue weighted by Crippen LogP contribution is -2.51. The highest BCUT2D eigenvalue weighted by atomic mass is 16.5. The third kappa shape index (κ3) is 3.50. The van der Waals surface area contributed by atoms with Crippen molar-refractivity contribution in [3.63, 3.8) is 0 Å². The van der Waals surface area contributed by atoms with E-state index >= 15 is 0 Å². The van der Waals surface area contributed by atoms with Gasteiger partial charge in [-0.1, -0.05) is 44.2 Å². The van der Waals surface area contributed by atoms with Crippen LogP contribution in [0.2, 0.25) is 0 Å². The average molecular weight is 392 g/mol. The molecular formula is C23H24N2O4. The minimum atomic E-state index is -0.850. The third-order valence-electron chi connectivity index (χ3n) is 5.41. The van der Waals surface area contributed by atoms with E-state index in [1.807, 2.05) is 38.1 Å². The van der Waals surface area contributed by atoms with E-state index in [9.17, 15) is 14.4 Å². The molecule has 0 radical (unpaired) electrons. The number of ether oxygens (including phenoxy) is 1. The number of para-hydroxylation sites is 1. The first-order chi connectivity index (χ1) is 14.0. The highest BCUT2D eigenvalue weighted by Gasteiger charge is 2.43. The van der Waals surface area contributed by atoms with Crippen molar-refractivity contribution in [3.8, 4) is 5.75 Å². The first-order valence-corrected chi connectivity index (χ1v) is 9.96.